The molecule has 1 aliphatic heterocycles. The van der Waals surface area contributed by atoms with Gasteiger partial charge in [0.05, 0.1) is 5.92 Å². The van der Waals surface area contributed by atoms with Crippen LogP contribution in [0.3, 0.4) is 0 Å². The van der Waals surface area contributed by atoms with Crippen LogP contribution in [0.25, 0.3) is 0 Å². The highest BCUT2D eigenvalue weighted by atomic mass is 16.5. The maximum Gasteiger partial charge on any atom is 0.260 e. The first kappa shape index (κ1) is 19.0. The van der Waals surface area contributed by atoms with E-state index in [2.05, 4.69) is 5.32 Å². The van der Waals surface area contributed by atoms with Crippen LogP contribution < -0.4 is 10.1 Å². The molecule has 5 nitrogen and oxygen atoms in total. The van der Waals surface area contributed by atoms with Gasteiger partial charge in [-0.2, -0.15) is 0 Å². The number of carbonyl (C=O) groups is 2. The Morgan fingerprint density at radius 3 is 2.67 bits per heavy atom. The lowest BCUT2D eigenvalue weighted by molar-refractivity contribution is -0.136. The smallest absolute Gasteiger partial charge is 0.260 e. The molecule has 0 saturated carbocycles. The lowest BCUT2D eigenvalue weighted by atomic mass is 9.97. The molecular weight excluding hydrogens is 340 g/mol. The number of likely N-dealkylation sites (tertiary alicyclic amines) is 1. The van der Waals surface area contributed by atoms with Crippen molar-refractivity contribution in [2.24, 2.45) is 5.92 Å². The predicted octanol–water partition coefficient (Wildman–Crippen LogP) is 3.56. The number of anilines is 1. The fourth-order valence-corrected chi connectivity index (χ4v) is 3.38. The minimum Gasteiger partial charge on any atom is -0.484 e. The molecule has 1 saturated heterocycles. The van der Waals surface area contributed by atoms with Crippen LogP contribution in [0.15, 0.2) is 48.5 Å². The lowest BCUT2D eigenvalue weighted by Gasteiger charge is -2.32. The first-order valence-corrected chi connectivity index (χ1v) is 9.36. The molecule has 1 fully saturated rings. The largest absolute Gasteiger partial charge is 0.484 e. The number of carbonyl (C=O) groups excluding carboxylic acids is 2. The van der Waals surface area contributed by atoms with E-state index < -0.39 is 0 Å². The average molecular weight is 366 g/mol. The number of nitrogens with one attached hydrogen (secondary N) is 1. The van der Waals surface area contributed by atoms with Gasteiger partial charge in [-0.15, -0.1) is 0 Å². The number of rotatable bonds is 5. The topological polar surface area (TPSA) is 58.6 Å². The molecule has 0 bridgehead atoms. The summed E-state index contributed by atoms with van der Waals surface area (Å²) in [4.78, 5) is 26.8. The minimum atomic E-state index is -0.191. The van der Waals surface area contributed by atoms with Gasteiger partial charge in [0.15, 0.2) is 6.61 Å². The van der Waals surface area contributed by atoms with Crippen LogP contribution in [-0.2, 0) is 9.59 Å². The highest BCUT2D eigenvalue weighted by Gasteiger charge is 2.28. The number of nitrogens with zero attached hydrogens (tertiary/aromatic N) is 1. The summed E-state index contributed by atoms with van der Waals surface area (Å²) >= 11 is 0. The zero-order valence-corrected chi connectivity index (χ0v) is 15.9. The molecule has 0 aliphatic carbocycles. The number of piperidine rings is 1. The van der Waals surface area contributed by atoms with E-state index in [0.717, 1.165) is 35.4 Å². The molecule has 1 N–H and O–H groups in total. The Morgan fingerprint density at radius 1 is 1.15 bits per heavy atom. The van der Waals surface area contributed by atoms with Gasteiger partial charge in [0.2, 0.25) is 5.91 Å². The second-order valence-electron chi connectivity index (χ2n) is 7.09. The molecular formula is C22H26N2O3. The van der Waals surface area contributed by atoms with E-state index in [9.17, 15) is 9.59 Å². The highest BCUT2D eigenvalue weighted by Crippen LogP contribution is 2.21. The second kappa shape index (κ2) is 8.71. The van der Waals surface area contributed by atoms with Gasteiger partial charge in [0.1, 0.15) is 5.75 Å². The van der Waals surface area contributed by atoms with Gasteiger partial charge in [0.25, 0.3) is 5.91 Å². The Labute approximate surface area is 160 Å². The third-order valence-electron chi connectivity index (χ3n) is 4.87. The number of hydrogen-bond donors (Lipinski definition) is 1. The number of para-hydroxylation sites is 1. The maximum absolute atomic E-state index is 12.5. The van der Waals surface area contributed by atoms with Crippen LogP contribution in [-0.4, -0.2) is 36.4 Å². The first-order chi connectivity index (χ1) is 13.0. The van der Waals surface area contributed by atoms with Crippen LogP contribution in [0.1, 0.15) is 24.0 Å². The molecule has 3 rings (SSSR count). The number of amides is 2. The summed E-state index contributed by atoms with van der Waals surface area (Å²) in [6.45, 7) is 5.10. The number of hydrogen-bond acceptors (Lipinski definition) is 3. The van der Waals surface area contributed by atoms with Crippen LogP contribution in [0.5, 0.6) is 5.75 Å². The molecule has 2 aromatic rings. The van der Waals surface area contributed by atoms with Crippen molar-refractivity contribution < 1.29 is 14.3 Å². The van der Waals surface area contributed by atoms with Gasteiger partial charge in [-0.05, 0) is 50.5 Å². The Kier molecular flexibility index (Phi) is 6.12. The standard InChI is InChI=1S/C22H26N2O3/c1-16-10-11-20(17(2)13-16)27-15-21(25)24-12-6-7-18(14-24)22(26)23-19-8-4-3-5-9-19/h3-5,8-11,13,18H,6-7,12,14-15H2,1-2H3,(H,23,26)/t18-/m1/s1. The van der Waals surface area contributed by atoms with Crippen LogP contribution in [0, 0.1) is 19.8 Å². The first-order valence-electron chi connectivity index (χ1n) is 9.36. The number of ether oxygens (including phenoxy) is 1. The average Bonchev–Trinajstić information content (AvgIpc) is 2.68. The van der Waals surface area contributed by atoms with Crippen molar-refractivity contribution >= 4 is 17.5 Å². The molecule has 5 heteroatoms. The quantitative estimate of drug-likeness (QED) is 0.880. The molecule has 0 unspecified atom stereocenters. The summed E-state index contributed by atoms with van der Waals surface area (Å²) in [6.07, 6.45) is 1.61. The molecule has 1 atom stereocenters. The Bertz CT molecular complexity index is 804. The van der Waals surface area contributed by atoms with Crippen molar-refractivity contribution in [1.29, 1.82) is 0 Å². The predicted molar refractivity (Wildman–Crippen MR) is 106 cm³/mol. The normalized spacial score (nSPS) is 16.7. The van der Waals surface area contributed by atoms with E-state index in [0.29, 0.717) is 13.1 Å². The van der Waals surface area contributed by atoms with E-state index >= 15 is 0 Å². The zero-order chi connectivity index (χ0) is 19.2. The fourth-order valence-electron chi connectivity index (χ4n) is 3.38. The van der Waals surface area contributed by atoms with Crippen molar-refractivity contribution in [3.05, 3.63) is 59.7 Å². The van der Waals surface area contributed by atoms with E-state index in [1.165, 1.54) is 0 Å². The Hall–Kier alpha value is -2.82. The van der Waals surface area contributed by atoms with Crippen LogP contribution in [0.4, 0.5) is 5.69 Å². The molecule has 2 amide bonds. The van der Waals surface area contributed by atoms with Crippen molar-refractivity contribution in [3.63, 3.8) is 0 Å². The van der Waals surface area contributed by atoms with Gasteiger partial charge in [-0.1, -0.05) is 35.9 Å². The summed E-state index contributed by atoms with van der Waals surface area (Å²) in [5, 5.41) is 2.93. The number of benzene rings is 2. The van der Waals surface area contributed by atoms with E-state index in [4.69, 9.17) is 4.74 Å². The SMILES string of the molecule is Cc1ccc(OCC(=O)N2CCC[C@@H](C(=O)Nc3ccccc3)C2)c(C)c1. The third kappa shape index (κ3) is 5.09. The Balaban J connectivity index is 1.53. The van der Waals surface area contributed by atoms with E-state index in [1.54, 1.807) is 4.90 Å². The molecule has 1 aliphatic rings. The van der Waals surface area contributed by atoms with Gasteiger partial charge >= 0.3 is 0 Å². The Morgan fingerprint density at radius 2 is 1.93 bits per heavy atom. The molecule has 2 aromatic carbocycles. The van der Waals surface area contributed by atoms with Crippen molar-refractivity contribution in [2.45, 2.75) is 26.7 Å². The maximum atomic E-state index is 12.5. The summed E-state index contributed by atoms with van der Waals surface area (Å²) in [5.41, 5.74) is 2.96. The second-order valence-corrected chi connectivity index (χ2v) is 7.09. The summed E-state index contributed by atoms with van der Waals surface area (Å²) in [5.74, 6) is 0.425. The van der Waals surface area contributed by atoms with Crippen molar-refractivity contribution in [2.75, 3.05) is 25.0 Å². The minimum absolute atomic E-state index is 0.00305. The molecule has 0 spiro atoms. The van der Waals surface area contributed by atoms with Crippen molar-refractivity contribution in [1.82, 2.24) is 4.90 Å². The van der Waals surface area contributed by atoms with Gasteiger partial charge < -0.3 is 15.0 Å². The van der Waals surface area contributed by atoms with Gasteiger partial charge in [-0.25, -0.2) is 0 Å². The summed E-state index contributed by atoms with van der Waals surface area (Å²) < 4.78 is 5.71. The molecule has 27 heavy (non-hydrogen) atoms. The van der Waals surface area contributed by atoms with E-state index in [-0.39, 0.29) is 24.3 Å². The summed E-state index contributed by atoms with van der Waals surface area (Å²) in [7, 11) is 0. The third-order valence-corrected chi connectivity index (χ3v) is 4.87. The van der Waals surface area contributed by atoms with Crippen LogP contribution >= 0.6 is 0 Å². The van der Waals surface area contributed by atoms with Crippen molar-refractivity contribution in [3.8, 4) is 5.75 Å². The molecule has 142 valence electrons. The zero-order valence-electron chi connectivity index (χ0n) is 15.9. The van der Waals surface area contributed by atoms with Crippen LogP contribution in [0.2, 0.25) is 0 Å². The van der Waals surface area contributed by atoms with Gasteiger partial charge in [-0.3, -0.25) is 9.59 Å². The molecule has 1 heterocycles. The fraction of sp³-hybridized carbons (Fsp3) is 0.364. The highest BCUT2D eigenvalue weighted by molar-refractivity contribution is 5.93. The van der Waals surface area contributed by atoms with E-state index in [1.807, 2.05) is 62.4 Å². The van der Waals surface area contributed by atoms with Gasteiger partial charge in [0, 0.05) is 18.8 Å². The summed E-state index contributed by atoms with van der Waals surface area (Å²) in [6, 6.07) is 15.3. The molecule has 0 radical (unpaired) electrons. The monoisotopic (exact) mass is 366 g/mol. The lowest BCUT2D eigenvalue weighted by Crippen LogP contribution is -2.45. The molecule has 0 aromatic heterocycles. The number of aryl methyl sites for hydroxylation is 2.